The van der Waals surface area contributed by atoms with Crippen molar-refractivity contribution in [2.24, 2.45) is 5.92 Å². The summed E-state index contributed by atoms with van der Waals surface area (Å²) in [6, 6.07) is -0.0569. The molecule has 0 spiro atoms. The number of rotatable bonds is 11. The zero-order valence-electron chi connectivity index (χ0n) is 16.5. The highest BCUT2D eigenvalue weighted by atomic mass is 31.2. The van der Waals surface area contributed by atoms with E-state index in [1.54, 1.807) is 6.20 Å². The van der Waals surface area contributed by atoms with E-state index in [-0.39, 0.29) is 30.8 Å². The number of nitrogens with one attached hydrogen (secondary N) is 1. The van der Waals surface area contributed by atoms with Gasteiger partial charge in [0.1, 0.15) is 6.10 Å². The number of nitrogens with zero attached hydrogens (tertiary/aromatic N) is 1. The molecule has 1 saturated carbocycles. The molecule has 1 N–H and O–H groups in total. The highest BCUT2D eigenvalue weighted by Gasteiger charge is 2.55. The van der Waals surface area contributed by atoms with E-state index in [2.05, 4.69) is 15.1 Å². The van der Waals surface area contributed by atoms with Crippen molar-refractivity contribution < 1.29 is 42.7 Å². The highest BCUT2D eigenvalue weighted by Crippen LogP contribution is 2.46. The van der Waals surface area contributed by atoms with Gasteiger partial charge in [0, 0.05) is 25.2 Å². The second kappa shape index (κ2) is 10.6. The van der Waals surface area contributed by atoms with Gasteiger partial charge in [-0.25, -0.2) is 9.78 Å². The van der Waals surface area contributed by atoms with Crippen LogP contribution in [0.3, 0.4) is 0 Å². The van der Waals surface area contributed by atoms with Crippen molar-refractivity contribution in [3.8, 4) is 0 Å². The van der Waals surface area contributed by atoms with Crippen LogP contribution < -0.4 is 5.32 Å². The van der Waals surface area contributed by atoms with E-state index in [9.17, 15) is 9.59 Å². The molecular formula is C16H27N2O9P. The average Bonchev–Trinajstić information content (AvgIpc) is 3.11. The number of hydrogen-bond acceptors (Lipinski definition) is 10. The molecular weight excluding hydrogens is 395 g/mol. The van der Waals surface area contributed by atoms with Crippen LogP contribution in [-0.4, -0.2) is 69.1 Å². The Morgan fingerprint density at radius 1 is 1.25 bits per heavy atom. The lowest BCUT2D eigenvalue weighted by Crippen LogP contribution is -2.38. The Morgan fingerprint density at radius 2 is 1.89 bits per heavy atom. The maximum atomic E-state index is 11.5. The van der Waals surface area contributed by atoms with E-state index in [0.717, 1.165) is 0 Å². The van der Waals surface area contributed by atoms with E-state index in [0.29, 0.717) is 12.8 Å². The molecule has 2 fully saturated rings. The standard InChI is InChI=1S/C16H27N2O9P/c1-16(2)24-14-11(9-23-28(26-21-4)27-22-5)8-12(15(14)25-16)18(3)7-6-13(20)17-10-19/h6-7,10-12,14-15H,8-9H2,1-5H3,(H,17,19,20)/b7-6-. The van der Waals surface area contributed by atoms with Crippen LogP contribution in [-0.2, 0) is 42.7 Å². The first-order chi connectivity index (χ1) is 13.3. The monoisotopic (exact) mass is 422 g/mol. The minimum absolute atomic E-state index is 0.0117. The Hall–Kier alpha value is -1.17. The van der Waals surface area contributed by atoms with Gasteiger partial charge in [0.05, 0.1) is 33.0 Å². The zero-order valence-corrected chi connectivity index (χ0v) is 17.4. The molecule has 2 aliphatic rings. The summed E-state index contributed by atoms with van der Waals surface area (Å²) in [6.07, 6.45) is 3.49. The van der Waals surface area contributed by atoms with Crippen molar-refractivity contribution in [1.82, 2.24) is 10.2 Å². The van der Waals surface area contributed by atoms with Gasteiger partial charge in [-0.15, -0.1) is 0 Å². The fourth-order valence-electron chi connectivity index (χ4n) is 3.35. The predicted octanol–water partition coefficient (Wildman–Crippen LogP) is 1.01. The SMILES string of the molecule is COOP(OCC1CC(N(C)/C=C\C(=O)NC=O)C2OC(C)(C)OC12)OOC. The Bertz CT molecular complexity index is 556. The number of fused-ring (bicyclic) bond motifs is 1. The molecule has 4 atom stereocenters. The first-order valence-corrected chi connectivity index (χ1v) is 9.75. The summed E-state index contributed by atoms with van der Waals surface area (Å²) in [6.45, 7) is 3.98. The van der Waals surface area contributed by atoms with Crippen molar-refractivity contribution in [3.05, 3.63) is 12.3 Å². The molecule has 2 amide bonds. The van der Waals surface area contributed by atoms with E-state index in [1.807, 2.05) is 25.8 Å². The van der Waals surface area contributed by atoms with Crippen molar-refractivity contribution >= 4 is 20.9 Å². The van der Waals surface area contributed by atoms with Crippen LogP contribution in [0, 0.1) is 5.92 Å². The lowest BCUT2D eigenvalue weighted by atomic mass is 10.1. The topological polar surface area (TPSA) is 114 Å². The van der Waals surface area contributed by atoms with Gasteiger partial charge in [-0.1, -0.05) is 0 Å². The average molecular weight is 422 g/mol. The second-order valence-corrected chi connectivity index (χ2v) is 7.74. The summed E-state index contributed by atoms with van der Waals surface area (Å²) < 4.78 is 27.6. The zero-order chi connectivity index (χ0) is 20.7. The van der Waals surface area contributed by atoms with Crippen molar-refractivity contribution in [2.45, 2.75) is 44.3 Å². The minimum Gasteiger partial charge on any atom is -0.375 e. The molecule has 0 aromatic carbocycles. The quantitative estimate of drug-likeness (QED) is 0.170. The maximum Gasteiger partial charge on any atom is 0.392 e. The van der Waals surface area contributed by atoms with Crippen LogP contribution >= 0.6 is 8.60 Å². The second-order valence-electron chi connectivity index (χ2n) is 6.74. The molecule has 160 valence electrons. The Labute approximate surface area is 165 Å². The number of hydrogen-bond donors (Lipinski definition) is 1. The molecule has 1 heterocycles. The van der Waals surface area contributed by atoms with E-state index in [1.165, 1.54) is 20.3 Å². The van der Waals surface area contributed by atoms with Gasteiger partial charge >= 0.3 is 8.60 Å². The summed E-state index contributed by atoms with van der Waals surface area (Å²) >= 11 is 0. The molecule has 1 aliphatic heterocycles. The van der Waals surface area contributed by atoms with Crippen LogP contribution in [0.5, 0.6) is 0 Å². The van der Waals surface area contributed by atoms with Gasteiger partial charge in [0.25, 0.3) is 5.91 Å². The van der Waals surface area contributed by atoms with Crippen molar-refractivity contribution in [2.75, 3.05) is 27.9 Å². The molecule has 4 unspecified atom stereocenters. The number of amides is 2. The molecule has 28 heavy (non-hydrogen) atoms. The van der Waals surface area contributed by atoms with Crippen LogP contribution in [0.2, 0.25) is 0 Å². The summed E-state index contributed by atoms with van der Waals surface area (Å²) in [7, 11) is 2.70. The third kappa shape index (κ3) is 6.16. The van der Waals surface area contributed by atoms with Crippen LogP contribution in [0.25, 0.3) is 0 Å². The summed E-state index contributed by atoms with van der Waals surface area (Å²) in [5, 5.41) is 2.06. The van der Waals surface area contributed by atoms with Crippen molar-refractivity contribution in [1.29, 1.82) is 0 Å². The Kier molecular flexibility index (Phi) is 8.72. The van der Waals surface area contributed by atoms with Crippen LogP contribution in [0.4, 0.5) is 0 Å². The molecule has 1 saturated heterocycles. The number of carbonyl (C=O) groups is 2. The fraction of sp³-hybridized carbons (Fsp3) is 0.750. The summed E-state index contributed by atoms with van der Waals surface area (Å²) in [5.74, 6) is -1.25. The highest BCUT2D eigenvalue weighted by molar-refractivity contribution is 7.41. The van der Waals surface area contributed by atoms with Gasteiger partial charge < -0.3 is 18.9 Å². The van der Waals surface area contributed by atoms with Crippen molar-refractivity contribution in [3.63, 3.8) is 0 Å². The smallest absolute Gasteiger partial charge is 0.375 e. The van der Waals surface area contributed by atoms with Gasteiger partial charge in [0.15, 0.2) is 5.79 Å². The summed E-state index contributed by atoms with van der Waals surface area (Å²) in [4.78, 5) is 32.9. The minimum atomic E-state index is -1.82. The third-order valence-corrected chi connectivity index (χ3v) is 5.30. The van der Waals surface area contributed by atoms with Gasteiger partial charge in [-0.2, -0.15) is 9.35 Å². The largest absolute Gasteiger partial charge is 0.392 e. The number of carbonyl (C=O) groups excluding carboxylic acids is 2. The lowest BCUT2D eigenvalue weighted by Gasteiger charge is -2.29. The fourth-order valence-corrected chi connectivity index (χ4v) is 4.02. The number of likely N-dealkylation sites (N-methyl/N-ethyl adjacent to an activating group) is 1. The Balaban J connectivity index is 2.03. The van der Waals surface area contributed by atoms with Gasteiger partial charge in [0.2, 0.25) is 6.41 Å². The molecule has 12 heteroatoms. The first kappa shape index (κ1) is 23.1. The van der Waals surface area contributed by atoms with E-state index >= 15 is 0 Å². The molecule has 0 bridgehead atoms. The molecule has 2 rings (SSSR count). The maximum absolute atomic E-state index is 11.5. The molecule has 1 aliphatic carbocycles. The summed E-state index contributed by atoms with van der Waals surface area (Å²) in [5.41, 5.74) is 0. The van der Waals surface area contributed by atoms with Gasteiger partial charge in [-0.05, 0) is 20.3 Å². The molecule has 11 nitrogen and oxygen atoms in total. The number of ether oxygens (including phenoxy) is 2. The Morgan fingerprint density at radius 3 is 2.50 bits per heavy atom. The normalized spacial score (nSPS) is 28.6. The van der Waals surface area contributed by atoms with Gasteiger partial charge in [-0.3, -0.25) is 14.9 Å². The van der Waals surface area contributed by atoms with E-state index < -0.39 is 20.3 Å². The van der Waals surface area contributed by atoms with E-state index in [4.69, 9.17) is 23.3 Å². The number of imide groups is 1. The van der Waals surface area contributed by atoms with Crippen LogP contribution in [0.15, 0.2) is 12.3 Å². The predicted molar refractivity (Wildman–Crippen MR) is 95.9 cm³/mol. The third-order valence-electron chi connectivity index (χ3n) is 4.40. The first-order valence-electron chi connectivity index (χ1n) is 8.65. The molecule has 0 aromatic rings. The molecule has 0 radical (unpaired) electrons. The van der Waals surface area contributed by atoms with Crippen LogP contribution in [0.1, 0.15) is 20.3 Å². The lowest BCUT2D eigenvalue weighted by molar-refractivity contribution is -0.246. The molecule has 0 aromatic heterocycles.